The van der Waals surface area contributed by atoms with Crippen LogP contribution >= 0.6 is 22.9 Å². The molecule has 8 nitrogen and oxygen atoms in total. The normalized spacial score (nSPS) is 16.0. The van der Waals surface area contributed by atoms with E-state index >= 15 is 0 Å². The lowest BCUT2D eigenvalue weighted by molar-refractivity contribution is 0.0735. The quantitative estimate of drug-likeness (QED) is 0.188. The third kappa shape index (κ3) is 8.04. The average Bonchev–Trinajstić information content (AvgIpc) is 3.69. The number of benzene rings is 3. The van der Waals surface area contributed by atoms with Crippen molar-refractivity contribution in [3.63, 3.8) is 0 Å². The Morgan fingerprint density at radius 1 is 1.09 bits per heavy atom. The molecule has 1 aromatic heterocycles. The fourth-order valence-electron chi connectivity index (χ4n) is 5.49. The predicted molar refractivity (Wildman–Crippen MR) is 173 cm³/mol. The van der Waals surface area contributed by atoms with Crippen LogP contribution in [0.1, 0.15) is 61.4 Å². The molecule has 1 saturated heterocycles. The van der Waals surface area contributed by atoms with Crippen LogP contribution in [-0.2, 0) is 13.0 Å². The first kappa shape index (κ1) is 31.7. The van der Waals surface area contributed by atoms with Gasteiger partial charge in [0.05, 0.1) is 25.3 Å². The number of halogens is 1. The summed E-state index contributed by atoms with van der Waals surface area (Å²) in [6.07, 6.45) is 1.26. The molecule has 1 aliphatic rings. The minimum absolute atomic E-state index is 0.0884. The van der Waals surface area contributed by atoms with Gasteiger partial charge in [0.25, 0.3) is 11.8 Å². The summed E-state index contributed by atoms with van der Waals surface area (Å²) in [5, 5.41) is 21.1. The van der Waals surface area contributed by atoms with Crippen LogP contribution in [0.15, 0.2) is 78.2 Å². The van der Waals surface area contributed by atoms with Crippen molar-refractivity contribution in [3.8, 4) is 5.75 Å². The van der Waals surface area contributed by atoms with Gasteiger partial charge in [-0.1, -0.05) is 54.1 Å². The van der Waals surface area contributed by atoms with E-state index in [0.29, 0.717) is 35.8 Å². The smallest absolute Gasteiger partial charge is 0.254 e. The highest BCUT2D eigenvalue weighted by atomic mass is 35.5. The molecule has 44 heavy (non-hydrogen) atoms. The Bertz CT molecular complexity index is 1580. The minimum atomic E-state index is -0.892. The molecule has 3 atom stereocenters. The molecule has 3 aromatic carbocycles. The van der Waals surface area contributed by atoms with Gasteiger partial charge in [0.1, 0.15) is 10.8 Å². The van der Waals surface area contributed by atoms with Crippen molar-refractivity contribution in [3.05, 3.63) is 116 Å². The zero-order valence-corrected chi connectivity index (χ0v) is 26.4. The monoisotopic (exact) mass is 632 g/mol. The van der Waals surface area contributed by atoms with Gasteiger partial charge in [-0.3, -0.25) is 9.59 Å². The second kappa shape index (κ2) is 14.8. The van der Waals surface area contributed by atoms with Gasteiger partial charge in [-0.25, -0.2) is 4.98 Å². The number of ether oxygens (including phenoxy) is 1. The van der Waals surface area contributed by atoms with Gasteiger partial charge in [-0.15, -0.1) is 11.3 Å². The van der Waals surface area contributed by atoms with E-state index in [1.54, 1.807) is 29.5 Å². The Morgan fingerprint density at radius 2 is 1.86 bits per heavy atom. The van der Waals surface area contributed by atoms with Crippen molar-refractivity contribution in [1.82, 2.24) is 20.5 Å². The molecule has 1 aliphatic heterocycles. The fourth-order valence-corrected chi connectivity index (χ4v) is 6.64. The molecular formula is C34H37ClN4O4S. The molecule has 0 spiro atoms. The summed E-state index contributed by atoms with van der Waals surface area (Å²) in [4.78, 5) is 33.9. The van der Waals surface area contributed by atoms with E-state index in [9.17, 15) is 14.7 Å². The van der Waals surface area contributed by atoms with E-state index < -0.39 is 18.1 Å². The number of thiazole rings is 1. The number of carbonyl (C=O) groups excluding carboxylic acids is 2. The number of aliphatic hydroxyl groups excluding tert-OH is 1. The van der Waals surface area contributed by atoms with Gasteiger partial charge in [0, 0.05) is 46.9 Å². The number of nitrogens with one attached hydrogen (secondary N) is 2. The third-order valence-corrected chi connectivity index (χ3v) is 9.04. The van der Waals surface area contributed by atoms with Gasteiger partial charge in [-0.05, 0) is 67.6 Å². The number of aliphatic hydroxyl groups is 1. The molecule has 0 aliphatic carbocycles. The zero-order valence-electron chi connectivity index (χ0n) is 24.8. The highest BCUT2D eigenvalue weighted by molar-refractivity contribution is 7.09. The zero-order chi connectivity index (χ0) is 31.1. The lowest BCUT2D eigenvalue weighted by Crippen LogP contribution is -2.48. The van der Waals surface area contributed by atoms with Crippen LogP contribution < -0.4 is 15.4 Å². The summed E-state index contributed by atoms with van der Waals surface area (Å²) in [6.45, 7) is 3.33. The van der Waals surface area contributed by atoms with Crippen LogP contribution in [0.2, 0.25) is 5.02 Å². The highest BCUT2D eigenvalue weighted by Crippen LogP contribution is 2.35. The van der Waals surface area contributed by atoms with Crippen LogP contribution in [0.4, 0.5) is 0 Å². The molecule has 3 unspecified atom stereocenters. The highest BCUT2D eigenvalue weighted by Gasteiger charge is 2.33. The van der Waals surface area contributed by atoms with Gasteiger partial charge in [0.2, 0.25) is 0 Å². The number of carbonyl (C=O) groups is 2. The Balaban J connectivity index is 1.32. The SMILES string of the molecule is COc1cc(C(=O)NC(Cc2ccccc2)C(O)CNCc2cccc(Cl)c2)cc(C(=O)N2CCCC2c2nc(C)cs2)c1. The van der Waals surface area contributed by atoms with Gasteiger partial charge in [-0.2, -0.15) is 0 Å². The molecule has 2 amide bonds. The Morgan fingerprint density at radius 3 is 2.59 bits per heavy atom. The van der Waals surface area contributed by atoms with E-state index in [0.717, 1.165) is 34.7 Å². The molecule has 10 heteroatoms. The van der Waals surface area contributed by atoms with Crippen molar-refractivity contribution in [1.29, 1.82) is 0 Å². The second-order valence-electron chi connectivity index (χ2n) is 11.0. The fraction of sp³-hybridized carbons (Fsp3) is 0.324. The van der Waals surface area contributed by atoms with Crippen molar-refractivity contribution in [2.75, 3.05) is 20.2 Å². The lowest BCUT2D eigenvalue weighted by atomic mass is 10.00. The first-order chi connectivity index (χ1) is 21.3. The third-order valence-electron chi connectivity index (χ3n) is 7.74. The number of aryl methyl sites for hydroxylation is 1. The first-order valence-electron chi connectivity index (χ1n) is 14.7. The molecule has 2 heterocycles. The second-order valence-corrected chi connectivity index (χ2v) is 12.4. The number of likely N-dealkylation sites (tertiary alicyclic amines) is 1. The summed E-state index contributed by atoms with van der Waals surface area (Å²) < 4.78 is 5.50. The number of rotatable bonds is 12. The molecule has 0 radical (unpaired) electrons. The molecule has 0 bridgehead atoms. The largest absolute Gasteiger partial charge is 0.497 e. The van der Waals surface area contributed by atoms with E-state index in [4.69, 9.17) is 16.3 Å². The van der Waals surface area contributed by atoms with E-state index in [1.165, 1.54) is 7.11 Å². The van der Waals surface area contributed by atoms with Gasteiger partial charge >= 0.3 is 0 Å². The molecule has 230 valence electrons. The van der Waals surface area contributed by atoms with Crippen LogP contribution in [-0.4, -0.2) is 59.1 Å². The number of aromatic nitrogens is 1. The van der Waals surface area contributed by atoms with Crippen LogP contribution in [0.5, 0.6) is 5.75 Å². The first-order valence-corrected chi connectivity index (χ1v) is 16.0. The molecule has 1 fully saturated rings. The Kier molecular flexibility index (Phi) is 10.7. The summed E-state index contributed by atoms with van der Waals surface area (Å²) >= 11 is 7.67. The molecular weight excluding hydrogens is 596 g/mol. The number of nitrogens with zero attached hydrogens (tertiary/aromatic N) is 2. The molecule has 3 N–H and O–H groups in total. The van der Waals surface area contributed by atoms with Crippen LogP contribution in [0, 0.1) is 6.92 Å². The number of amides is 2. The molecule has 4 aromatic rings. The van der Waals surface area contributed by atoms with Gasteiger partial charge in [0.15, 0.2) is 0 Å². The number of methoxy groups -OCH3 is 1. The predicted octanol–water partition coefficient (Wildman–Crippen LogP) is 5.58. The van der Waals surface area contributed by atoms with Crippen LogP contribution in [0.3, 0.4) is 0 Å². The maximum Gasteiger partial charge on any atom is 0.254 e. The standard InChI is InChI=1S/C34H37ClN4O4S/c1-22-21-44-33(37-22)30-12-7-13-39(30)34(42)26-16-25(17-28(18-26)43-2)32(41)38-29(15-23-8-4-3-5-9-23)31(40)20-36-19-24-10-6-11-27(35)14-24/h3-6,8-11,14,16-18,21,29-31,36,40H,7,12-13,15,19-20H2,1-2H3,(H,38,41). The summed E-state index contributed by atoms with van der Waals surface area (Å²) in [7, 11) is 1.51. The molecule has 0 saturated carbocycles. The van der Waals surface area contributed by atoms with Crippen molar-refractivity contribution < 1.29 is 19.4 Å². The summed E-state index contributed by atoms with van der Waals surface area (Å²) in [6, 6.07) is 21.4. The van der Waals surface area contributed by atoms with Crippen molar-refractivity contribution >= 4 is 34.8 Å². The summed E-state index contributed by atoms with van der Waals surface area (Å²) in [5.74, 6) is -0.161. The van der Waals surface area contributed by atoms with Gasteiger partial charge < -0.3 is 25.4 Å². The number of hydrogen-bond donors (Lipinski definition) is 3. The van der Waals surface area contributed by atoms with Crippen LogP contribution in [0.25, 0.3) is 0 Å². The summed E-state index contributed by atoms with van der Waals surface area (Å²) in [5.41, 5.74) is 3.57. The maximum atomic E-state index is 13.8. The topological polar surface area (TPSA) is 104 Å². The number of hydrogen-bond acceptors (Lipinski definition) is 7. The Hall–Kier alpha value is -3.76. The molecule has 5 rings (SSSR count). The van der Waals surface area contributed by atoms with E-state index in [-0.39, 0.29) is 24.1 Å². The average molecular weight is 633 g/mol. The van der Waals surface area contributed by atoms with Crippen molar-refractivity contribution in [2.45, 2.75) is 50.9 Å². The maximum absolute atomic E-state index is 13.8. The Labute approximate surface area is 267 Å². The van der Waals surface area contributed by atoms with E-state index in [1.807, 2.05) is 71.8 Å². The minimum Gasteiger partial charge on any atom is -0.497 e. The lowest BCUT2D eigenvalue weighted by Gasteiger charge is -2.26. The van der Waals surface area contributed by atoms with E-state index in [2.05, 4.69) is 15.6 Å². The van der Waals surface area contributed by atoms with Crippen molar-refractivity contribution in [2.24, 2.45) is 0 Å².